The van der Waals surface area contributed by atoms with Crippen molar-refractivity contribution >= 4 is 17.9 Å². The van der Waals surface area contributed by atoms with E-state index >= 15 is 0 Å². The maximum absolute atomic E-state index is 12.9. The Morgan fingerprint density at radius 3 is 0.700 bits per heavy atom. The van der Waals surface area contributed by atoms with E-state index in [-0.39, 0.29) is 31.1 Å². The van der Waals surface area contributed by atoms with Crippen LogP contribution in [0.5, 0.6) is 0 Å². The van der Waals surface area contributed by atoms with E-state index < -0.39 is 6.10 Å². The molecule has 0 aromatic heterocycles. The fourth-order valence-corrected chi connectivity index (χ4v) is 9.99. The molecular weight excluding hydrogens is 865 g/mol. The highest BCUT2D eigenvalue weighted by Crippen LogP contribution is 2.19. The van der Waals surface area contributed by atoms with Gasteiger partial charge in [-0.3, -0.25) is 14.4 Å². The van der Waals surface area contributed by atoms with Gasteiger partial charge in [0.05, 0.1) is 0 Å². The number of hydrogen-bond acceptors (Lipinski definition) is 6. The highest BCUT2D eigenvalue weighted by molar-refractivity contribution is 5.71. The lowest BCUT2D eigenvalue weighted by atomic mass is 10.0. The molecule has 0 spiro atoms. The van der Waals surface area contributed by atoms with Crippen LogP contribution in [0.2, 0.25) is 0 Å². The number of unbranched alkanes of at least 4 members (excludes halogenated alkanes) is 46. The fraction of sp³-hybridized carbons (Fsp3) is 0.953. The Labute approximate surface area is 438 Å². The Balaban J connectivity index is 4.28. The molecule has 0 saturated heterocycles. The van der Waals surface area contributed by atoms with Crippen LogP contribution < -0.4 is 0 Å². The molecule has 0 aromatic carbocycles. The minimum Gasteiger partial charge on any atom is -0.462 e. The normalized spacial score (nSPS) is 12.0. The first-order chi connectivity index (χ1) is 34.4. The molecule has 0 aliphatic heterocycles. The van der Waals surface area contributed by atoms with Gasteiger partial charge in [0, 0.05) is 19.3 Å². The van der Waals surface area contributed by atoms with Gasteiger partial charge in [-0.05, 0) is 25.2 Å². The second kappa shape index (κ2) is 58.3. The Kier molecular flexibility index (Phi) is 57.0. The van der Waals surface area contributed by atoms with Crippen LogP contribution in [-0.2, 0) is 28.6 Å². The topological polar surface area (TPSA) is 78.9 Å². The van der Waals surface area contributed by atoms with Gasteiger partial charge in [0.1, 0.15) is 13.2 Å². The van der Waals surface area contributed by atoms with Crippen molar-refractivity contribution < 1.29 is 28.6 Å². The van der Waals surface area contributed by atoms with E-state index in [1.165, 1.54) is 263 Å². The quantitative estimate of drug-likeness (QED) is 0.0343. The van der Waals surface area contributed by atoms with Crippen LogP contribution in [0.1, 0.15) is 368 Å². The van der Waals surface area contributed by atoms with Crippen LogP contribution >= 0.6 is 0 Å². The van der Waals surface area contributed by atoms with Crippen LogP contribution in [0, 0.1) is 5.92 Å². The summed E-state index contributed by atoms with van der Waals surface area (Å²) in [7, 11) is 0. The minimum atomic E-state index is -0.763. The summed E-state index contributed by atoms with van der Waals surface area (Å²) in [4.78, 5) is 38.3. The molecule has 0 amide bonds. The summed E-state index contributed by atoms with van der Waals surface area (Å²) >= 11 is 0. The number of hydrogen-bond donors (Lipinski definition) is 0. The van der Waals surface area contributed by atoms with Crippen LogP contribution in [-0.4, -0.2) is 37.2 Å². The Morgan fingerprint density at radius 2 is 0.471 bits per heavy atom. The van der Waals surface area contributed by atoms with Crippen LogP contribution in [0.15, 0.2) is 0 Å². The summed E-state index contributed by atoms with van der Waals surface area (Å²) in [6.07, 6.45) is 65.3. The standard InChI is InChI=1S/C64H124O6/c1-5-7-9-11-13-15-17-19-21-23-24-25-27-32-36-40-44-48-52-56-63(66)69-59-61(58-68-62(65)55-51-47-43-39-35-31-26-22-20-18-16-14-12-10-8-6-2)70-64(67)57-53-49-45-41-37-33-29-28-30-34-38-42-46-50-54-60(3)4/h60-61H,5-59H2,1-4H3/t61-/m0/s1. The molecule has 0 fully saturated rings. The van der Waals surface area contributed by atoms with Gasteiger partial charge in [0.2, 0.25) is 0 Å². The smallest absolute Gasteiger partial charge is 0.306 e. The van der Waals surface area contributed by atoms with Gasteiger partial charge in [0.15, 0.2) is 6.10 Å². The van der Waals surface area contributed by atoms with Crippen molar-refractivity contribution in [2.45, 2.75) is 374 Å². The molecule has 0 unspecified atom stereocenters. The average molecular weight is 990 g/mol. The highest BCUT2D eigenvalue weighted by Gasteiger charge is 2.19. The van der Waals surface area contributed by atoms with E-state index in [0.29, 0.717) is 19.3 Å². The number of carbonyl (C=O) groups is 3. The van der Waals surface area contributed by atoms with E-state index in [9.17, 15) is 14.4 Å². The van der Waals surface area contributed by atoms with Crippen molar-refractivity contribution in [3.05, 3.63) is 0 Å². The first-order valence-corrected chi connectivity index (χ1v) is 31.9. The molecule has 6 heteroatoms. The maximum atomic E-state index is 12.9. The molecule has 70 heavy (non-hydrogen) atoms. The predicted octanol–water partition coefficient (Wildman–Crippen LogP) is 21.4. The van der Waals surface area contributed by atoms with Crippen LogP contribution in [0.4, 0.5) is 0 Å². The highest BCUT2D eigenvalue weighted by atomic mass is 16.6. The summed E-state index contributed by atoms with van der Waals surface area (Å²) < 4.78 is 17.0. The van der Waals surface area contributed by atoms with Crippen LogP contribution in [0.3, 0.4) is 0 Å². The summed E-state index contributed by atoms with van der Waals surface area (Å²) in [5, 5.41) is 0. The van der Waals surface area contributed by atoms with E-state index in [2.05, 4.69) is 27.7 Å². The molecule has 0 saturated carbocycles. The first kappa shape index (κ1) is 68.4. The monoisotopic (exact) mass is 989 g/mol. The Hall–Kier alpha value is -1.59. The Morgan fingerprint density at radius 1 is 0.271 bits per heavy atom. The zero-order chi connectivity index (χ0) is 50.9. The van der Waals surface area contributed by atoms with E-state index in [4.69, 9.17) is 14.2 Å². The zero-order valence-corrected chi connectivity index (χ0v) is 48.0. The third kappa shape index (κ3) is 57.3. The third-order valence-electron chi connectivity index (χ3n) is 14.8. The Bertz CT molecular complexity index is 1060. The number of esters is 3. The zero-order valence-electron chi connectivity index (χ0n) is 48.0. The molecule has 1 atom stereocenters. The van der Waals surface area contributed by atoms with Gasteiger partial charge in [-0.1, -0.05) is 329 Å². The van der Waals surface area contributed by atoms with Gasteiger partial charge < -0.3 is 14.2 Å². The molecule has 0 aliphatic carbocycles. The van der Waals surface area contributed by atoms with Crippen LogP contribution in [0.25, 0.3) is 0 Å². The summed E-state index contributed by atoms with van der Waals surface area (Å²) in [5.41, 5.74) is 0. The molecule has 416 valence electrons. The van der Waals surface area contributed by atoms with Crippen molar-refractivity contribution in [2.75, 3.05) is 13.2 Å². The van der Waals surface area contributed by atoms with Crippen molar-refractivity contribution in [3.8, 4) is 0 Å². The van der Waals surface area contributed by atoms with Gasteiger partial charge in [-0.25, -0.2) is 0 Å². The molecule has 0 radical (unpaired) electrons. The average Bonchev–Trinajstić information content (AvgIpc) is 3.35. The molecule has 0 bridgehead atoms. The van der Waals surface area contributed by atoms with E-state index in [1.54, 1.807) is 0 Å². The fourth-order valence-electron chi connectivity index (χ4n) is 9.99. The van der Waals surface area contributed by atoms with Crippen molar-refractivity contribution in [1.82, 2.24) is 0 Å². The second-order valence-electron chi connectivity index (χ2n) is 22.5. The van der Waals surface area contributed by atoms with E-state index in [1.807, 2.05) is 0 Å². The molecule has 0 aliphatic rings. The van der Waals surface area contributed by atoms with Crippen molar-refractivity contribution in [1.29, 1.82) is 0 Å². The maximum Gasteiger partial charge on any atom is 0.306 e. The molecule has 0 N–H and O–H groups in total. The lowest BCUT2D eigenvalue weighted by molar-refractivity contribution is -0.167. The van der Waals surface area contributed by atoms with Gasteiger partial charge in [-0.15, -0.1) is 0 Å². The molecule has 0 aromatic rings. The lowest BCUT2D eigenvalue weighted by Crippen LogP contribution is -2.30. The van der Waals surface area contributed by atoms with Gasteiger partial charge in [0.25, 0.3) is 0 Å². The second-order valence-corrected chi connectivity index (χ2v) is 22.5. The van der Waals surface area contributed by atoms with Gasteiger partial charge in [-0.2, -0.15) is 0 Å². The summed E-state index contributed by atoms with van der Waals surface area (Å²) in [6, 6.07) is 0. The number of rotatable bonds is 59. The first-order valence-electron chi connectivity index (χ1n) is 31.9. The molecular formula is C64H124O6. The molecule has 6 nitrogen and oxygen atoms in total. The summed E-state index contributed by atoms with van der Waals surface area (Å²) in [6.45, 7) is 9.09. The number of ether oxygens (including phenoxy) is 3. The molecule has 0 rings (SSSR count). The third-order valence-corrected chi connectivity index (χ3v) is 14.8. The molecule has 0 heterocycles. The van der Waals surface area contributed by atoms with Gasteiger partial charge >= 0.3 is 17.9 Å². The van der Waals surface area contributed by atoms with E-state index in [0.717, 1.165) is 63.7 Å². The lowest BCUT2D eigenvalue weighted by Gasteiger charge is -2.18. The predicted molar refractivity (Wildman–Crippen MR) is 303 cm³/mol. The van der Waals surface area contributed by atoms with Crippen molar-refractivity contribution in [2.24, 2.45) is 5.92 Å². The minimum absolute atomic E-state index is 0.0612. The number of carbonyl (C=O) groups excluding carboxylic acids is 3. The summed E-state index contributed by atoms with van der Waals surface area (Å²) in [5.74, 6) is 0.0158. The van der Waals surface area contributed by atoms with Crippen molar-refractivity contribution in [3.63, 3.8) is 0 Å². The largest absolute Gasteiger partial charge is 0.462 e. The SMILES string of the molecule is CCCCCCCCCCCCCCCCCCCCCC(=O)OC[C@H](COC(=O)CCCCCCCCCCCCCCCCCC)OC(=O)CCCCCCCCCCCCCCCCC(C)C.